The first-order chi connectivity index (χ1) is 6.27. The summed E-state index contributed by atoms with van der Waals surface area (Å²) in [7, 11) is 0. The average molecular weight is 179 g/mol. The summed E-state index contributed by atoms with van der Waals surface area (Å²) < 4.78 is 5.25. The second-order valence-electron chi connectivity index (χ2n) is 2.82. The Morgan fingerprint density at radius 2 is 2.54 bits per heavy atom. The van der Waals surface area contributed by atoms with Crippen LogP contribution in [0, 0.1) is 0 Å². The van der Waals surface area contributed by atoms with Gasteiger partial charge in [-0.15, -0.1) is 0 Å². The first-order valence-corrected chi connectivity index (χ1v) is 3.92. The van der Waals surface area contributed by atoms with Crippen LogP contribution in [0.25, 0.3) is 0 Å². The number of hydrogen-bond acceptors (Lipinski definition) is 4. The molecule has 2 heterocycles. The predicted octanol–water partition coefficient (Wildman–Crippen LogP) is -0.502. The first kappa shape index (κ1) is 8.12. The molecule has 0 aliphatic carbocycles. The molecule has 1 unspecified atom stereocenters. The molecule has 5 heteroatoms. The van der Waals surface area contributed by atoms with Crippen LogP contribution >= 0.6 is 0 Å². The van der Waals surface area contributed by atoms with E-state index in [1.54, 1.807) is 6.21 Å². The van der Waals surface area contributed by atoms with Gasteiger partial charge in [0.25, 0.3) is 5.91 Å². The Balaban J connectivity index is 2.12. The van der Waals surface area contributed by atoms with Crippen LogP contribution in [0.3, 0.4) is 0 Å². The van der Waals surface area contributed by atoms with E-state index in [4.69, 9.17) is 4.74 Å². The van der Waals surface area contributed by atoms with Crippen LogP contribution in [0.15, 0.2) is 22.3 Å². The van der Waals surface area contributed by atoms with E-state index >= 15 is 0 Å². The molecule has 13 heavy (non-hydrogen) atoms. The number of hydrogen-bond donors (Lipinski definition) is 1. The summed E-state index contributed by atoms with van der Waals surface area (Å²) in [5, 5.41) is 2.61. The topological polar surface area (TPSA) is 63.1 Å². The lowest BCUT2D eigenvalue weighted by Crippen LogP contribution is -2.47. The molecular weight excluding hydrogens is 170 g/mol. The predicted molar refractivity (Wildman–Crippen MR) is 47.8 cm³/mol. The molecule has 0 spiro atoms. The summed E-state index contributed by atoms with van der Waals surface area (Å²) in [5.74, 6) is -0.219. The zero-order valence-electron chi connectivity index (χ0n) is 6.99. The van der Waals surface area contributed by atoms with E-state index in [1.807, 2.05) is 0 Å². The van der Waals surface area contributed by atoms with Gasteiger partial charge in [-0.3, -0.25) is 14.8 Å². The maximum absolute atomic E-state index is 11.4. The lowest BCUT2D eigenvalue weighted by molar-refractivity contribution is -0.130. The van der Waals surface area contributed by atoms with Gasteiger partial charge in [0.15, 0.2) is 6.10 Å². The van der Waals surface area contributed by atoms with Crippen LogP contribution in [0.2, 0.25) is 0 Å². The molecule has 0 saturated carbocycles. The van der Waals surface area contributed by atoms with Crippen molar-refractivity contribution in [3.8, 4) is 0 Å². The number of aliphatic imine (C=N–C) groups is 2. The van der Waals surface area contributed by atoms with Gasteiger partial charge in [0.05, 0.1) is 12.3 Å². The zero-order chi connectivity index (χ0) is 9.26. The number of carbonyl (C=O) groups excluding carboxylic acids is 1. The maximum atomic E-state index is 11.4. The number of ether oxygens (including phenoxy) is 1. The molecule has 1 fully saturated rings. The Labute approximate surface area is 75.2 Å². The van der Waals surface area contributed by atoms with Gasteiger partial charge < -0.3 is 10.1 Å². The van der Waals surface area contributed by atoms with Crippen molar-refractivity contribution in [2.75, 3.05) is 13.3 Å². The number of nitrogens with one attached hydrogen (secondary N) is 1. The summed E-state index contributed by atoms with van der Waals surface area (Å²) in [6, 6.07) is 0. The minimum atomic E-state index is -0.614. The van der Waals surface area contributed by atoms with Crippen molar-refractivity contribution < 1.29 is 9.53 Å². The van der Waals surface area contributed by atoms with Crippen molar-refractivity contribution in [3.63, 3.8) is 0 Å². The lowest BCUT2D eigenvalue weighted by atomic mass is 10.2. The summed E-state index contributed by atoms with van der Waals surface area (Å²) in [6.07, 6.45) is 0.954. The lowest BCUT2D eigenvalue weighted by Gasteiger charge is -2.23. The first-order valence-electron chi connectivity index (χ1n) is 3.92. The van der Waals surface area contributed by atoms with Crippen LogP contribution in [0.5, 0.6) is 0 Å². The molecule has 68 valence electrons. The smallest absolute Gasteiger partial charge is 0.259 e. The van der Waals surface area contributed by atoms with Crippen LogP contribution in [-0.2, 0) is 9.53 Å². The van der Waals surface area contributed by atoms with Crippen LogP contribution in [0.4, 0.5) is 0 Å². The fraction of sp³-hybridized carbons (Fsp3) is 0.375. The largest absolute Gasteiger partial charge is 0.356 e. The number of amides is 1. The van der Waals surface area contributed by atoms with Gasteiger partial charge in [0, 0.05) is 11.9 Å². The van der Waals surface area contributed by atoms with Crippen molar-refractivity contribution in [2.24, 2.45) is 9.98 Å². The Morgan fingerprint density at radius 1 is 1.69 bits per heavy atom. The molecule has 1 atom stereocenters. The van der Waals surface area contributed by atoms with Crippen molar-refractivity contribution in [1.29, 1.82) is 0 Å². The van der Waals surface area contributed by atoms with Gasteiger partial charge >= 0.3 is 0 Å². The van der Waals surface area contributed by atoms with E-state index in [2.05, 4.69) is 21.9 Å². The van der Waals surface area contributed by atoms with E-state index < -0.39 is 6.10 Å². The number of rotatable bonds is 1. The number of carbonyl (C=O) groups is 1. The molecule has 0 aromatic heterocycles. The highest BCUT2D eigenvalue weighted by Crippen LogP contribution is 2.07. The third-order valence-corrected chi connectivity index (χ3v) is 1.79. The van der Waals surface area contributed by atoms with Gasteiger partial charge in [0.2, 0.25) is 0 Å². The van der Waals surface area contributed by atoms with E-state index in [-0.39, 0.29) is 5.91 Å². The van der Waals surface area contributed by atoms with Crippen molar-refractivity contribution in [2.45, 2.75) is 6.10 Å². The Bertz CT molecular complexity index is 319. The molecular formula is C8H9N3O2. The summed E-state index contributed by atoms with van der Waals surface area (Å²) >= 11 is 0. The second-order valence-corrected chi connectivity index (χ2v) is 2.82. The molecule has 1 saturated heterocycles. The summed E-state index contributed by atoms with van der Waals surface area (Å²) in [4.78, 5) is 19.2. The Kier molecular flexibility index (Phi) is 1.94. The second kappa shape index (κ2) is 3.10. The zero-order valence-corrected chi connectivity index (χ0v) is 6.99. The van der Waals surface area contributed by atoms with Crippen LogP contribution in [-0.4, -0.2) is 37.2 Å². The number of nitrogens with zero attached hydrogens (tertiary/aromatic N) is 2. The highest BCUT2D eigenvalue weighted by atomic mass is 16.5. The molecule has 2 aliphatic heterocycles. The summed E-state index contributed by atoms with van der Waals surface area (Å²) in [5.41, 5.74) is 1.17. The molecule has 2 rings (SSSR count). The van der Waals surface area contributed by atoms with Crippen LogP contribution < -0.4 is 5.32 Å². The number of morpholine rings is 1. The third-order valence-electron chi connectivity index (χ3n) is 1.79. The molecule has 0 aromatic carbocycles. The molecule has 0 bridgehead atoms. The highest BCUT2D eigenvalue weighted by molar-refractivity contribution is 6.38. The molecule has 5 nitrogen and oxygen atoms in total. The molecule has 2 aliphatic rings. The van der Waals surface area contributed by atoms with Gasteiger partial charge in [-0.2, -0.15) is 0 Å². The minimum Gasteiger partial charge on any atom is -0.356 e. The van der Waals surface area contributed by atoms with Gasteiger partial charge in [-0.25, -0.2) is 0 Å². The fourth-order valence-electron chi connectivity index (χ4n) is 1.20. The monoisotopic (exact) mass is 179 g/mol. The standard InChI is InChI=1S/C8H9N3O2/c1-5-3-13-7(8(12)11-5)6-2-9-4-10-6/h2,7H,1,3-4H2,(H,11,12). The summed E-state index contributed by atoms with van der Waals surface area (Å²) in [6.45, 7) is 4.32. The Morgan fingerprint density at radius 3 is 3.15 bits per heavy atom. The highest BCUT2D eigenvalue weighted by Gasteiger charge is 2.29. The van der Waals surface area contributed by atoms with Crippen molar-refractivity contribution in [3.05, 3.63) is 12.3 Å². The maximum Gasteiger partial charge on any atom is 0.259 e. The van der Waals surface area contributed by atoms with Crippen molar-refractivity contribution in [1.82, 2.24) is 5.32 Å². The molecule has 1 amide bonds. The molecule has 1 N–H and O–H groups in total. The molecule has 0 radical (unpaired) electrons. The van der Waals surface area contributed by atoms with Gasteiger partial charge in [-0.05, 0) is 0 Å². The third kappa shape index (κ3) is 1.50. The minimum absolute atomic E-state index is 0.219. The van der Waals surface area contributed by atoms with Crippen LogP contribution in [0.1, 0.15) is 0 Å². The fourth-order valence-corrected chi connectivity index (χ4v) is 1.20. The average Bonchev–Trinajstić information content (AvgIpc) is 2.56. The Hall–Kier alpha value is -1.49. The van der Waals surface area contributed by atoms with Gasteiger partial charge in [0.1, 0.15) is 6.67 Å². The van der Waals surface area contributed by atoms with Gasteiger partial charge in [-0.1, -0.05) is 6.58 Å². The normalized spacial score (nSPS) is 27.4. The SMILES string of the molecule is C=C1COC(C2=NCN=C2)C(=O)N1. The molecule has 0 aromatic rings. The quantitative estimate of drug-likeness (QED) is 0.589. The van der Waals surface area contributed by atoms with E-state index in [1.165, 1.54) is 0 Å². The van der Waals surface area contributed by atoms with E-state index in [0.29, 0.717) is 24.7 Å². The van der Waals surface area contributed by atoms with E-state index in [0.717, 1.165) is 0 Å². The van der Waals surface area contributed by atoms with Crippen molar-refractivity contribution >= 4 is 17.8 Å². The van der Waals surface area contributed by atoms with E-state index in [9.17, 15) is 4.79 Å².